The van der Waals surface area contributed by atoms with E-state index in [1.165, 1.54) is 38.9 Å². The first-order chi connectivity index (χ1) is 24.6. The van der Waals surface area contributed by atoms with E-state index in [1.807, 2.05) is 12.3 Å². The first-order valence-electron chi connectivity index (χ1n) is 18.3. The van der Waals surface area contributed by atoms with Gasteiger partial charge in [-0.15, -0.1) is 17.7 Å². The number of fused-ring (bicyclic) bond motifs is 3. The van der Waals surface area contributed by atoms with Crippen LogP contribution in [-0.2, 0) is 26.5 Å². The van der Waals surface area contributed by atoms with Crippen LogP contribution < -0.4 is 4.40 Å². The van der Waals surface area contributed by atoms with Crippen LogP contribution in [0.3, 0.4) is 0 Å². The second-order valence-electron chi connectivity index (χ2n) is 16.0. The predicted octanol–water partition coefficient (Wildman–Crippen LogP) is 12.0. The van der Waals surface area contributed by atoms with Gasteiger partial charge in [0.25, 0.3) is 0 Å². The van der Waals surface area contributed by atoms with Crippen molar-refractivity contribution in [3.8, 4) is 33.8 Å². The molecule has 0 aliphatic rings. The van der Waals surface area contributed by atoms with Crippen LogP contribution in [0.4, 0.5) is 0 Å². The zero-order valence-electron chi connectivity index (χ0n) is 33.3. The summed E-state index contributed by atoms with van der Waals surface area (Å²) in [6.45, 7) is 19.3. The smallest absolute Gasteiger partial charge is 0 e. The fourth-order valence-electron chi connectivity index (χ4n) is 7.37. The van der Waals surface area contributed by atoms with Crippen LogP contribution in [0.15, 0.2) is 77.5 Å². The second-order valence-corrected chi connectivity index (χ2v) is 26.6. The number of hydrogen-bond donors (Lipinski definition) is 0. The SMILES string of the molecule is Cc1[c-]c(-c2cc(C)ccn2)c2oc3nc(-c4c(C)cc(C)cc4C)ccc3c2c1.Cc1[c-]c(-c2cc(CC(C)C)[c]([Ge]([CH3])([CH3])[CH3])cn2)cc(C)c1.[Ir]. The molecular weight excluding hydrogens is 887 g/mol. The fraction of sp³-hybridized carbons (Fsp3) is 0.298. The van der Waals surface area contributed by atoms with Crippen molar-refractivity contribution in [2.75, 3.05) is 0 Å². The van der Waals surface area contributed by atoms with Crippen LogP contribution in [0.1, 0.15) is 58.4 Å². The van der Waals surface area contributed by atoms with Gasteiger partial charge in [-0.1, -0.05) is 47.2 Å². The van der Waals surface area contributed by atoms with Gasteiger partial charge in [-0.25, -0.2) is 4.98 Å². The third-order valence-electron chi connectivity index (χ3n) is 9.46. The third-order valence-corrected chi connectivity index (χ3v) is 13.8. The van der Waals surface area contributed by atoms with E-state index in [9.17, 15) is 0 Å². The van der Waals surface area contributed by atoms with Gasteiger partial charge in [0.05, 0.1) is 11.3 Å². The minimum absolute atomic E-state index is 0. The van der Waals surface area contributed by atoms with E-state index >= 15 is 0 Å². The summed E-state index contributed by atoms with van der Waals surface area (Å²) >= 11 is -1.88. The summed E-state index contributed by atoms with van der Waals surface area (Å²) in [5.74, 6) is 8.01. The molecule has 0 fully saturated rings. The largest absolute Gasteiger partial charge is 0 e. The Balaban J connectivity index is 0.000000211. The van der Waals surface area contributed by atoms with Crippen LogP contribution in [0, 0.1) is 66.5 Å². The van der Waals surface area contributed by atoms with E-state index in [0.29, 0.717) is 11.6 Å². The molecule has 53 heavy (non-hydrogen) atoms. The zero-order valence-corrected chi connectivity index (χ0v) is 37.8. The molecule has 0 saturated carbocycles. The van der Waals surface area contributed by atoms with Crippen LogP contribution in [0.25, 0.3) is 55.8 Å². The molecule has 0 spiro atoms. The molecule has 0 saturated heterocycles. The van der Waals surface area contributed by atoms with Crippen LogP contribution in [-0.4, -0.2) is 28.2 Å². The normalized spacial score (nSPS) is 11.5. The Bertz CT molecular complexity index is 2390. The van der Waals surface area contributed by atoms with Gasteiger partial charge < -0.3 is 9.40 Å². The Hall–Kier alpha value is -3.90. The fourth-order valence-corrected chi connectivity index (χ4v) is 10.7. The topological polar surface area (TPSA) is 51.8 Å². The number of benzene rings is 3. The molecule has 0 amide bonds. The molecule has 7 aromatic rings. The zero-order chi connectivity index (χ0) is 37.5. The van der Waals surface area contributed by atoms with Gasteiger partial charge in [0, 0.05) is 37.3 Å². The van der Waals surface area contributed by atoms with E-state index in [1.54, 1.807) is 4.40 Å². The molecule has 0 bridgehead atoms. The molecule has 0 atom stereocenters. The molecule has 3 aromatic carbocycles. The minimum atomic E-state index is -1.88. The van der Waals surface area contributed by atoms with Crippen molar-refractivity contribution < 1.29 is 24.5 Å². The van der Waals surface area contributed by atoms with Crippen molar-refractivity contribution in [2.45, 2.75) is 86.0 Å². The summed E-state index contributed by atoms with van der Waals surface area (Å²) in [6.07, 6.45) is 5.12. The molecule has 4 aromatic heterocycles. The van der Waals surface area contributed by atoms with E-state index in [0.717, 1.165) is 62.1 Å². The van der Waals surface area contributed by atoms with Gasteiger partial charge in [0.15, 0.2) is 0 Å². The Labute approximate surface area is 332 Å². The standard InChI is InChI=1S/C27H23N2O.C20H28GeN.Ir/c1-15-8-9-28-24(14-15)22-13-17(3)12-21-20-6-7-23(29-27(20)30-26(21)22)25-18(4)10-16(2)11-19(25)5;1-14(2)8-17-12-20(22-13-19(17)21(5,6)7)18-10-15(3)9-16(4)11-18;/h6-12,14H,1-5H3;9-10,12-14H,8H2,1-7H3;/q2*-1;. The minimum Gasteiger partial charge on any atom is 0 e. The number of hydrogen-bond acceptors (Lipinski definition) is 4. The van der Waals surface area contributed by atoms with Gasteiger partial charge in [0.1, 0.15) is 0 Å². The average molecular weight is 939 g/mol. The van der Waals surface area contributed by atoms with Crippen molar-refractivity contribution in [1.82, 2.24) is 15.0 Å². The number of rotatable bonds is 6. The van der Waals surface area contributed by atoms with Gasteiger partial charge in [-0.05, 0) is 62.7 Å². The Morgan fingerprint density at radius 1 is 0.679 bits per heavy atom. The number of aromatic nitrogens is 3. The third kappa shape index (κ3) is 9.08. The summed E-state index contributed by atoms with van der Waals surface area (Å²) in [7, 11) is 0. The molecule has 4 nitrogen and oxygen atoms in total. The van der Waals surface area contributed by atoms with Crippen LogP contribution >= 0.6 is 0 Å². The Morgan fingerprint density at radius 2 is 1.36 bits per heavy atom. The Morgan fingerprint density at radius 3 is 2.00 bits per heavy atom. The van der Waals surface area contributed by atoms with E-state index < -0.39 is 13.3 Å². The van der Waals surface area contributed by atoms with Crippen LogP contribution in [0.2, 0.25) is 17.3 Å². The molecule has 1 radical (unpaired) electrons. The molecule has 0 aliphatic carbocycles. The van der Waals surface area contributed by atoms with Crippen LogP contribution in [0.5, 0.6) is 0 Å². The van der Waals surface area contributed by atoms with E-state index in [-0.39, 0.29) is 20.1 Å². The maximum Gasteiger partial charge on any atom is 0 e. The molecule has 0 aliphatic heterocycles. The van der Waals surface area contributed by atoms with Crippen molar-refractivity contribution >= 4 is 39.7 Å². The van der Waals surface area contributed by atoms with Crippen molar-refractivity contribution in [1.29, 1.82) is 0 Å². The summed E-state index contributed by atoms with van der Waals surface area (Å²) in [4.78, 5) is 14.3. The predicted molar refractivity (Wildman–Crippen MR) is 222 cm³/mol. The monoisotopic (exact) mass is 940 g/mol. The van der Waals surface area contributed by atoms with E-state index in [2.05, 4.69) is 157 Å². The molecule has 7 rings (SSSR count). The maximum atomic E-state index is 6.32. The molecule has 6 heteroatoms. The summed E-state index contributed by atoms with van der Waals surface area (Å²) in [5.41, 5.74) is 17.4. The molecule has 0 unspecified atom stereocenters. The molecule has 275 valence electrons. The van der Waals surface area contributed by atoms with Crippen molar-refractivity contribution in [3.63, 3.8) is 0 Å². The summed E-state index contributed by atoms with van der Waals surface area (Å²) in [6, 6.07) is 28.4. The number of pyridine rings is 3. The number of furan rings is 1. The second kappa shape index (κ2) is 16.2. The van der Waals surface area contributed by atoms with Gasteiger partial charge >= 0.3 is 138 Å². The molecular formula is C47H51GeIrN3O-2. The quantitative estimate of drug-likeness (QED) is 0.123. The summed E-state index contributed by atoms with van der Waals surface area (Å²) < 4.78 is 7.86. The first-order valence-corrected chi connectivity index (χ1v) is 25.7. The van der Waals surface area contributed by atoms with Gasteiger partial charge in [-0.2, -0.15) is 0 Å². The number of nitrogens with zero attached hydrogens (tertiary/aromatic N) is 3. The maximum absolute atomic E-state index is 6.32. The number of aryl methyl sites for hydroxylation is 7. The average Bonchev–Trinajstić information content (AvgIpc) is 3.40. The van der Waals surface area contributed by atoms with Gasteiger partial charge in [-0.3, -0.25) is 0 Å². The summed E-state index contributed by atoms with van der Waals surface area (Å²) in [5, 5.41) is 2.07. The van der Waals surface area contributed by atoms with Crippen molar-refractivity contribution in [2.24, 2.45) is 5.92 Å². The van der Waals surface area contributed by atoms with Crippen molar-refractivity contribution in [3.05, 3.63) is 130 Å². The molecule has 4 heterocycles. The molecule has 0 N–H and O–H groups in total. The van der Waals surface area contributed by atoms with Gasteiger partial charge in [0.2, 0.25) is 5.71 Å². The first kappa shape index (κ1) is 40.3. The Kier molecular flexibility index (Phi) is 12.3. The van der Waals surface area contributed by atoms with E-state index in [4.69, 9.17) is 14.4 Å².